The number of nitrogens with zero attached hydrogens (tertiary/aromatic N) is 1. The Labute approximate surface area is 323 Å². The maximum absolute atomic E-state index is 11.7. The van der Waals surface area contributed by atoms with Gasteiger partial charge in [-0.1, -0.05) is 27.7 Å². The molecule has 0 bridgehead atoms. The van der Waals surface area contributed by atoms with E-state index < -0.39 is 5.41 Å². The summed E-state index contributed by atoms with van der Waals surface area (Å²) in [5.41, 5.74) is 3.62. The Morgan fingerprint density at radius 1 is 0.918 bits per heavy atom. The third-order valence-electron chi connectivity index (χ3n) is 9.08. The summed E-state index contributed by atoms with van der Waals surface area (Å²) in [6.45, 7) is 22.8. The van der Waals surface area contributed by atoms with Crippen LogP contribution in [0, 0.1) is 30.2 Å². The molecule has 3 nitrogen and oxygen atoms in total. The molecule has 0 spiro atoms. The first-order valence-corrected chi connectivity index (χ1v) is 19.1. The number of aliphatic hydroxyl groups is 1. The Morgan fingerprint density at radius 3 is 2.12 bits per heavy atom. The molecule has 265 valence electrons. The standard InChI is InChI=1S/C31H32NSe.C13H24O2.Ir/c1-19-21(18-30(2,3)4)12-13-24-25-14-15-32-27(29(25)33-28(19)24)22-16-20-10-8-9-11-23(20)26(17-22)31(5,6)7;1-5-10(6-2)12(14)9-13(15)11(7-3)8-4;/h8-15,17H,18H2,1-7H3;9-11,14H,5-8H2,1-4H3;/q-1;;/b;12-9-;/i8D,9D,10D,11D,15D,17D;;. The summed E-state index contributed by atoms with van der Waals surface area (Å²) in [4.78, 5) is 16.3. The van der Waals surface area contributed by atoms with Crippen molar-refractivity contribution in [2.45, 2.75) is 114 Å². The summed E-state index contributed by atoms with van der Waals surface area (Å²) in [6, 6.07) is 8.55. The molecule has 0 saturated heterocycles. The fourth-order valence-electron chi connectivity index (χ4n) is 6.22. The second kappa shape index (κ2) is 17.1. The predicted octanol–water partition coefficient (Wildman–Crippen LogP) is 12.1. The van der Waals surface area contributed by atoms with E-state index in [4.69, 9.17) is 6.85 Å². The number of aliphatic hydroxyl groups excluding tert-OH is 1. The number of carbonyl (C=O) groups excluding carboxylic acids is 1. The second-order valence-corrected chi connectivity index (χ2v) is 17.2. The van der Waals surface area contributed by atoms with Crippen molar-refractivity contribution in [3.63, 3.8) is 0 Å². The summed E-state index contributed by atoms with van der Waals surface area (Å²) >= 11 is -0.105. The SMILES string of the molecule is CCC(CC)C(=O)/C=C(\O)C(CC)CC.[2H]c1cc2c([se]c3c(C)c(CC(C)(C)C)ccc32)c(-c2[c-]c3c([2H])c([2H])c([2H])c([2H])c3c(C(C)(C)C)c2[2H])n1.[Ir]. The molecule has 2 aromatic heterocycles. The van der Waals surface area contributed by atoms with Gasteiger partial charge >= 0.3 is 212 Å². The van der Waals surface area contributed by atoms with Crippen LogP contribution in [0.2, 0.25) is 0 Å². The van der Waals surface area contributed by atoms with E-state index >= 15 is 0 Å². The Kier molecular flexibility index (Phi) is 11.3. The van der Waals surface area contributed by atoms with Crippen LogP contribution in [0.5, 0.6) is 0 Å². The van der Waals surface area contributed by atoms with Crippen LogP contribution in [0.15, 0.2) is 66.4 Å². The first-order valence-electron chi connectivity index (χ1n) is 20.3. The van der Waals surface area contributed by atoms with Crippen LogP contribution < -0.4 is 0 Å². The molecule has 0 unspecified atom stereocenters. The van der Waals surface area contributed by atoms with Gasteiger partial charge in [0, 0.05) is 38.0 Å². The molecule has 1 radical (unpaired) electrons. The molecule has 5 heteroatoms. The summed E-state index contributed by atoms with van der Waals surface area (Å²) in [5, 5.41) is 12.4. The molecule has 1 N–H and O–H groups in total. The number of hydrogen-bond donors (Lipinski definition) is 1. The molecular formula is C44H56IrNO2Se-. The van der Waals surface area contributed by atoms with Crippen molar-refractivity contribution < 1.29 is 38.2 Å². The van der Waals surface area contributed by atoms with E-state index in [1.807, 2.05) is 48.5 Å². The quantitative estimate of drug-likeness (QED) is 0.0694. The van der Waals surface area contributed by atoms with E-state index in [2.05, 4.69) is 50.9 Å². The molecule has 0 amide bonds. The maximum atomic E-state index is 11.7. The van der Waals surface area contributed by atoms with Gasteiger partial charge in [0.1, 0.15) is 0 Å². The Bertz CT molecular complexity index is 2240. The van der Waals surface area contributed by atoms with E-state index in [-0.39, 0.29) is 105 Å². The smallest absolute Gasteiger partial charge is 0 e. The van der Waals surface area contributed by atoms with Crippen molar-refractivity contribution >= 4 is 50.4 Å². The number of pyridine rings is 1. The van der Waals surface area contributed by atoms with Gasteiger partial charge in [0.05, 0.1) is 5.76 Å². The van der Waals surface area contributed by atoms with E-state index in [1.54, 1.807) is 6.07 Å². The summed E-state index contributed by atoms with van der Waals surface area (Å²) < 4.78 is 53.9. The first-order chi connectivity index (χ1) is 25.1. The van der Waals surface area contributed by atoms with Gasteiger partial charge in [-0.15, -0.1) is 0 Å². The molecule has 2 heterocycles. The van der Waals surface area contributed by atoms with Crippen molar-refractivity contribution in [1.29, 1.82) is 0 Å². The van der Waals surface area contributed by atoms with Crippen LogP contribution in [0.4, 0.5) is 0 Å². The number of rotatable bonds is 9. The summed E-state index contributed by atoms with van der Waals surface area (Å²) in [6.07, 6.45) is 5.97. The Morgan fingerprint density at radius 2 is 1.53 bits per heavy atom. The molecule has 3 aromatic carbocycles. The maximum Gasteiger partial charge on any atom is 0 e. The minimum Gasteiger partial charge on any atom is 0 e. The van der Waals surface area contributed by atoms with Crippen molar-refractivity contribution in [3.8, 4) is 11.3 Å². The van der Waals surface area contributed by atoms with Gasteiger partial charge < -0.3 is 5.11 Å². The van der Waals surface area contributed by atoms with Gasteiger partial charge in [0.25, 0.3) is 0 Å². The van der Waals surface area contributed by atoms with E-state index in [9.17, 15) is 11.3 Å². The van der Waals surface area contributed by atoms with Gasteiger partial charge in [-0.25, -0.2) is 0 Å². The number of carbonyl (C=O) groups is 1. The minimum absolute atomic E-state index is 0. The van der Waals surface area contributed by atoms with Crippen molar-refractivity contribution in [1.82, 2.24) is 4.98 Å². The number of hydrogen-bond acceptors (Lipinski definition) is 3. The Balaban J connectivity index is 0.000000433. The number of ketones is 1. The van der Waals surface area contributed by atoms with Crippen LogP contribution in [-0.2, 0) is 36.7 Å². The topological polar surface area (TPSA) is 50.2 Å². The van der Waals surface area contributed by atoms with E-state index in [0.29, 0.717) is 22.2 Å². The number of aromatic nitrogens is 1. The van der Waals surface area contributed by atoms with Crippen molar-refractivity contribution in [2.75, 3.05) is 0 Å². The molecule has 0 aliphatic carbocycles. The number of benzene rings is 3. The Hall–Kier alpha value is -2.55. The van der Waals surface area contributed by atoms with Gasteiger partial charge in [-0.3, -0.25) is 4.79 Å². The molecule has 0 fully saturated rings. The number of aryl methyl sites for hydroxylation is 1. The molecule has 5 rings (SSSR count). The third-order valence-corrected chi connectivity index (χ3v) is 11.9. The van der Waals surface area contributed by atoms with Gasteiger partial charge in [0.2, 0.25) is 0 Å². The summed E-state index contributed by atoms with van der Waals surface area (Å²) in [7, 11) is 0. The zero-order chi connectivity index (χ0) is 40.6. The monoisotopic (exact) mass is 909 g/mol. The molecule has 49 heavy (non-hydrogen) atoms. The second-order valence-electron chi connectivity index (χ2n) is 15.0. The molecule has 0 aliphatic rings. The van der Waals surface area contributed by atoms with Gasteiger partial charge in [0.15, 0.2) is 5.78 Å². The first kappa shape index (κ1) is 32.4. The van der Waals surface area contributed by atoms with E-state index in [1.165, 1.54) is 21.5 Å². The average molecular weight is 908 g/mol. The third kappa shape index (κ3) is 9.62. The van der Waals surface area contributed by atoms with Gasteiger partial charge in [-0.05, 0) is 25.7 Å². The number of fused-ring (bicyclic) bond motifs is 4. The van der Waals surface area contributed by atoms with E-state index in [0.717, 1.165) is 47.1 Å². The van der Waals surface area contributed by atoms with Crippen LogP contribution in [0.1, 0.15) is 120 Å². The zero-order valence-corrected chi connectivity index (χ0v) is 35.2. The zero-order valence-electron chi connectivity index (χ0n) is 37.0. The average Bonchev–Trinajstić information content (AvgIpc) is 3.46. The molecule has 5 aromatic rings. The number of allylic oxidation sites excluding steroid dienone is 2. The molecule has 0 aliphatic heterocycles. The fourth-order valence-corrected chi connectivity index (χ4v) is 8.94. The largest absolute Gasteiger partial charge is 0 e. The van der Waals surface area contributed by atoms with Gasteiger partial charge in [-0.2, -0.15) is 0 Å². The normalized spacial score (nSPS) is 14.2. The van der Waals surface area contributed by atoms with Crippen LogP contribution in [0.3, 0.4) is 0 Å². The fraction of sp³-hybridized carbons (Fsp3) is 0.455. The molecule has 0 saturated carbocycles. The molecule has 0 atom stereocenters. The predicted molar refractivity (Wildman–Crippen MR) is 208 cm³/mol. The minimum atomic E-state index is -0.578. The van der Waals surface area contributed by atoms with Crippen LogP contribution in [-0.4, -0.2) is 30.4 Å². The van der Waals surface area contributed by atoms with Crippen LogP contribution in [0.25, 0.3) is 41.3 Å². The summed E-state index contributed by atoms with van der Waals surface area (Å²) in [5.74, 6) is 0.547. The van der Waals surface area contributed by atoms with Crippen molar-refractivity contribution in [2.24, 2.45) is 17.3 Å². The van der Waals surface area contributed by atoms with Crippen LogP contribution >= 0.6 is 0 Å². The van der Waals surface area contributed by atoms with Crippen molar-refractivity contribution in [3.05, 3.63) is 89.2 Å². The molecular weight excluding hydrogens is 846 g/mol.